The Bertz CT molecular complexity index is 1370. The van der Waals surface area contributed by atoms with Crippen molar-refractivity contribution in [1.82, 2.24) is 34.1 Å². The van der Waals surface area contributed by atoms with Gasteiger partial charge in [-0.15, -0.1) is 0 Å². The monoisotopic (exact) mass is 862 g/mol. The first-order valence-corrected chi connectivity index (χ1v) is 26.1. The van der Waals surface area contributed by atoms with E-state index in [1.807, 2.05) is 32.6 Å². The van der Waals surface area contributed by atoms with Crippen LogP contribution in [0, 0.1) is 0 Å². The van der Waals surface area contributed by atoms with Crippen LogP contribution in [0.2, 0.25) is 0 Å². The zero-order valence-electron chi connectivity index (χ0n) is 39.0. The number of sulfonamides is 1. The lowest BCUT2D eigenvalue weighted by molar-refractivity contribution is -0.140. The van der Waals surface area contributed by atoms with Crippen molar-refractivity contribution in [1.29, 1.82) is 0 Å². The highest BCUT2D eigenvalue weighted by molar-refractivity contribution is 8.00. The van der Waals surface area contributed by atoms with E-state index in [0.29, 0.717) is 43.1 Å². The van der Waals surface area contributed by atoms with Crippen LogP contribution >= 0.6 is 0 Å². The fraction of sp³-hybridized carbons (Fsp3) is 0.907. The molecule has 3 amide bonds. The van der Waals surface area contributed by atoms with Gasteiger partial charge in [-0.05, 0) is 144 Å². The molecule has 0 aromatic rings. The molecule has 6 fully saturated rings. The third kappa shape index (κ3) is 20.8. The highest BCUT2D eigenvalue weighted by Gasteiger charge is 2.31. The Morgan fingerprint density at radius 1 is 0.466 bits per heavy atom. The molecule has 0 atom stereocenters. The number of carbonyl (C=O) groups is 3. The number of hydrogen-bond donors (Lipinski definition) is 1. The summed E-state index contributed by atoms with van der Waals surface area (Å²) in [5, 5.41) is 3.33. The van der Waals surface area contributed by atoms with Crippen LogP contribution in [-0.2, 0) is 33.9 Å². The van der Waals surface area contributed by atoms with E-state index in [-0.39, 0.29) is 23.9 Å². The molecule has 6 heterocycles. The Kier molecular flexibility index (Phi) is 25.7. The molecule has 0 saturated carbocycles. The van der Waals surface area contributed by atoms with Gasteiger partial charge in [0.25, 0.3) is 0 Å². The lowest BCUT2D eigenvalue weighted by Crippen LogP contribution is -2.46. The van der Waals surface area contributed by atoms with Crippen LogP contribution in [0.4, 0.5) is 0 Å². The van der Waals surface area contributed by atoms with Crippen molar-refractivity contribution >= 4 is 43.1 Å². The first kappa shape index (κ1) is 54.4. The minimum absolute atomic E-state index is 0.0278. The lowest BCUT2D eigenvalue weighted by atomic mass is 10.1. The predicted molar refractivity (Wildman–Crippen MR) is 244 cm³/mol. The minimum Gasteiger partial charge on any atom is -0.340 e. The highest BCUT2D eigenvalue weighted by Crippen LogP contribution is 2.17. The van der Waals surface area contributed by atoms with Gasteiger partial charge in [0.2, 0.25) is 27.7 Å². The van der Waals surface area contributed by atoms with Gasteiger partial charge in [-0.3, -0.25) is 33.3 Å². The molecule has 6 aliphatic rings. The van der Waals surface area contributed by atoms with Gasteiger partial charge in [-0.1, -0.05) is 0 Å². The molecule has 15 heteroatoms. The predicted octanol–water partition coefficient (Wildman–Crippen LogP) is 4.60. The van der Waals surface area contributed by atoms with Gasteiger partial charge in [0.1, 0.15) is 0 Å². The highest BCUT2D eigenvalue weighted by atomic mass is 32.2. The van der Waals surface area contributed by atoms with Crippen molar-refractivity contribution in [2.45, 2.75) is 171 Å². The van der Waals surface area contributed by atoms with E-state index in [4.69, 9.17) is 0 Å². The maximum atomic E-state index is 11.4. The van der Waals surface area contributed by atoms with Crippen LogP contribution in [0.25, 0.3) is 0 Å². The van der Waals surface area contributed by atoms with E-state index in [0.717, 1.165) is 75.6 Å². The number of hydrogen-bond acceptors (Lipinski definition) is 10. The number of likely N-dealkylation sites (tertiary alicyclic amines) is 3. The summed E-state index contributed by atoms with van der Waals surface area (Å²) in [5.74, 6) is 5.91. The first-order valence-electron chi connectivity index (χ1n) is 22.4. The number of nitrogens with zero attached hydrogens (tertiary/aromatic N) is 6. The zero-order valence-corrected chi connectivity index (χ0v) is 40.6. The van der Waals surface area contributed by atoms with Crippen molar-refractivity contribution in [2.24, 2.45) is 0 Å². The van der Waals surface area contributed by atoms with Gasteiger partial charge in [-0.25, -0.2) is 8.42 Å². The average Bonchev–Trinajstić information content (AvgIpc) is 3.90. The Labute approximate surface area is 356 Å². The Balaban J connectivity index is 0.000000349. The Morgan fingerprint density at radius 2 is 0.914 bits per heavy atom. The molecular formula is C43H87N7O6S2. The molecule has 0 unspecified atom stereocenters. The SMILES string of the molecule is C=S1(=O)CCN(C(C)C)CC1.CC(C)N1C(=O)CCC1=O.CC(C)N1CCCC1.CC(C)N1CCCCC1=O.CC(C)N1CCCS1(=O)=O.CC(C)N1CCNCC1. The molecule has 6 saturated heterocycles. The Hall–Kier alpha value is -1.62. The third-order valence-corrected chi connectivity index (χ3v) is 15.3. The van der Waals surface area contributed by atoms with E-state index in [9.17, 15) is 27.0 Å². The summed E-state index contributed by atoms with van der Waals surface area (Å²) in [4.78, 5) is 43.7. The summed E-state index contributed by atoms with van der Waals surface area (Å²) in [6.45, 7) is 36.1. The zero-order chi connectivity index (χ0) is 44.2. The molecule has 6 rings (SSSR count). The number of carbonyl (C=O) groups excluding carboxylic acids is 3. The smallest absolute Gasteiger partial charge is 0.229 e. The molecule has 0 aromatic carbocycles. The molecule has 0 aromatic heterocycles. The van der Waals surface area contributed by atoms with E-state index in [1.54, 1.807) is 4.31 Å². The molecule has 1 N–H and O–H groups in total. The largest absolute Gasteiger partial charge is 0.340 e. The molecule has 0 spiro atoms. The van der Waals surface area contributed by atoms with Gasteiger partial charge in [0.05, 0.1) is 5.75 Å². The maximum absolute atomic E-state index is 11.4. The maximum Gasteiger partial charge on any atom is 0.229 e. The number of piperidine rings is 1. The number of piperazine rings is 1. The second-order valence-corrected chi connectivity index (χ2v) is 22.8. The molecule has 0 aliphatic carbocycles. The van der Waals surface area contributed by atoms with Crippen LogP contribution in [0.3, 0.4) is 0 Å². The van der Waals surface area contributed by atoms with Gasteiger partial charge < -0.3 is 15.1 Å². The third-order valence-electron chi connectivity index (χ3n) is 11.3. The lowest BCUT2D eigenvalue weighted by Gasteiger charge is -2.31. The van der Waals surface area contributed by atoms with Crippen molar-refractivity contribution in [2.75, 3.05) is 82.7 Å². The van der Waals surface area contributed by atoms with Crippen molar-refractivity contribution < 1.29 is 27.0 Å². The fourth-order valence-corrected chi connectivity index (χ4v) is 10.7. The summed E-state index contributed by atoms with van der Waals surface area (Å²) in [7, 11) is -4.54. The number of rotatable bonds is 6. The average molecular weight is 862 g/mol. The van der Waals surface area contributed by atoms with E-state index in [2.05, 4.69) is 81.3 Å². The Morgan fingerprint density at radius 3 is 1.21 bits per heavy atom. The van der Waals surface area contributed by atoms with Crippen molar-refractivity contribution in [3.05, 3.63) is 0 Å². The number of imide groups is 1. The second kappa shape index (κ2) is 27.4. The summed E-state index contributed by atoms with van der Waals surface area (Å²) >= 11 is 0. The first-order chi connectivity index (χ1) is 27.0. The molecule has 0 bridgehead atoms. The summed E-state index contributed by atoms with van der Waals surface area (Å²) in [6.07, 6.45) is 7.45. The van der Waals surface area contributed by atoms with Gasteiger partial charge in [0.15, 0.2) is 0 Å². The normalized spacial score (nSPS) is 22.9. The quantitative estimate of drug-likeness (QED) is 0.299. The van der Waals surface area contributed by atoms with Crippen LogP contribution < -0.4 is 5.32 Å². The van der Waals surface area contributed by atoms with E-state index >= 15 is 0 Å². The van der Waals surface area contributed by atoms with Crippen LogP contribution in [-0.4, -0.2) is 184 Å². The van der Waals surface area contributed by atoms with Gasteiger partial charge in [-0.2, -0.15) is 4.31 Å². The molecule has 342 valence electrons. The van der Waals surface area contributed by atoms with Crippen molar-refractivity contribution in [3.8, 4) is 0 Å². The molecule has 58 heavy (non-hydrogen) atoms. The van der Waals surface area contributed by atoms with Crippen LogP contribution in [0.5, 0.6) is 0 Å². The molecule has 0 radical (unpaired) electrons. The molecular weight excluding hydrogens is 775 g/mol. The molecule has 13 nitrogen and oxygen atoms in total. The van der Waals surface area contributed by atoms with E-state index in [1.165, 1.54) is 50.3 Å². The summed E-state index contributed by atoms with van der Waals surface area (Å²) in [5.41, 5.74) is 0. The standard InChI is InChI=1S/C8H17NOS.C8H15NO.C7H16N2.C7H11NO2.C7H15N.C6H13NO2S/c1-8(2)9-4-6-11(3,10)7-5-9;1-7(2)9-6-4-3-5-8(9)10;1-7(2)9-5-3-8-4-6-9;1-5(2)8-6(9)3-4-7(8)10;1-7(2)8-5-3-4-6-8;1-6(2)7-4-3-5-10(7,8)9/h8H,3-7H2,1-2H3;7H,3-6H2,1-2H3;7-8H,3-6H2,1-2H3;5H,3-4H2,1-2H3;7H,3-6H2,1-2H3;6H,3-5H2,1-2H3. The van der Waals surface area contributed by atoms with Crippen LogP contribution in [0.1, 0.15) is 134 Å². The van der Waals surface area contributed by atoms with Gasteiger partial charge in [0, 0.05) is 119 Å². The minimum atomic E-state index is -2.85. The van der Waals surface area contributed by atoms with E-state index < -0.39 is 19.5 Å². The summed E-state index contributed by atoms with van der Waals surface area (Å²) in [6, 6.07) is 2.65. The van der Waals surface area contributed by atoms with Gasteiger partial charge >= 0.3 is 0 Å². The number of nitrogens with one attached hydrogen (secondary N) is 1. The topological polar surface area (TPSA) is 134 Å². The second-order valence-electron chi connectivity index (χ2n) is 18.0. The molecule has 6 aliphatic heterocycles. The fourth-order valence-electron chi connectivity index (χ4n) is 7.54. The summed E-state index contributed by atoms with van der Waals surface area (Å²) < 4.78 is 35.3. The number of amides is 3. The van der Waals surface area contributed by atoms with Crippen molar-refractivity contribution in [3.63, 3.8) is 0 Å². The van der Waals surface area contributed by atoms with Crippen LogP contribution in [0.15, 0.2) is 0 Å².